The fourth-order valence-corrected chi connectivity index (χ4v) is 4.49. The van der Waals surface area contributed by atoms with Gasteiger partial charge < -0.3 is 4.74 Å². The molecule has 0 aromatic rings. The van der Waals surface area contributed by atoms with E-state index in [1.54, 1.807) is 0 Å². The molecule has 1 saturated carbocycles. The number of alkyl halides is 2. The van der Waals surface area contributed by atoms with E-state index < -0.39 is 4.84 Å². The molecule has 0 saturated heterocycles. The van der Waals surface area contributed by atoms with Gasteiger partial charge in [-0.3, -0.25) is 4.79 Å². The molecule has 0 aliphatic heterocycles. The standard InChI is InChI=1S/C25H44Cl2O2/c26-25(27)23(22-28)18-14-11-9-7-5-3-1-2-4-6-8-10-12-17-21-29-24-19-15-13-16-20-24/h13,23-25H,1-12,14-21H2. The van der Waals surface area contributed by atoms with Crippen molar-refractivity contribution < 1.29 is 9.53 Å². The average molecular weight is 448 g/mol. The summed E-state index contributed by atoms with van der Waals surface area (Å²) in [5.41, 5.74) is 0. The van der Waals surface area contributed by atoms with Crippen LogP contribution in [-0.2, 0) is 9.53 Å². The molecule has 4 heteroatoms. The Morgan fingerprint density at radius 2 is 1.21 bits per heavy atom. The van der Waals surface area contributed by atoms with E-state index >= 15 is 0 Å². The van der Waals surface area contributed by atoms with Crippen LogP contribution in [0.25, 0.3) is 0 Å². The molecule has 1 aliphatic rings. The van der Waals surface area contributed by atoms with Crippen LogP contribution in [0, 0.1) is 12.3 Å². The summed E-state index contributed by atoms with van der Waals surface area (Å²) in [6, 6.07) is 0. The Morgan fingerprint density at radius 3 is 1.66 bits per heavy atom. The molecule has 1 rings (SSSR count). The Balaban J connectivity index is 1.70. The van der Waals surface area contributed by atoms with Crippen molar-refractivity contribution >= 4 is 29.5 Å². The summed E-state index contributed by atoms with van der Waals surface area (Å²) in [6.45, 7) is 0.973. The van der Waals surface area contributed by atoms with Crippen molar-refractivity contribution in [3.63, 3.8) is 0 Å². The van der Waals surface area contributed by atoms with Crippen LogP contribution in [0.4, 0.5) is 0 Å². The molecule has 0 amide bonds. The lowest BCUT2D eigenvalue weighted by Crippen LogP contribution is -2.17. The van der Waals surface area contributed by atoms with Gasteiger partial charge in [-0.25, -0.2) is 0 Å². The summed E-state index contributed by atoms with van der Waals surface area (Å²) in [7, 11) is 0. The lowest BCUT2D eigenvalue weighted by atomic mass is 9.98. The van der Waals surface area contributed by atoms with E-state index in [9.17, 15) is 4.79 Å². The first-order valence-electron chi connectivity index (χ1n) is 12.3. The van der Waals surface area contributed by atoms with Gasteiger partial charge in [-0.2, -0.15) is 0 Å². The maximum Gasteiger partial charge on any atom is 0.204 e. The lowest BCUT2D eigenvalue weighted by Gasteiger charge is -2.21. The van der Waals surface area contributed by atoms with Gasteiger partial charge in [0, 0.05) is 6.61 Å². The molecule has 170 valence electrons. The summed E-state index contributed by atoms with van der Waals surface area (Å²) in [6.07, 6.45) is 29.0. The van der Waals surface area contributed by atoms with E-state index in [-0.39, 0.29) is 5.92 Å². The zero-order valence-electron chi connectivity index (χ0n) is 18.5. The van der Waals surface area contributed by atoms with Crippen molar-refractivity contribution in [2.75, 3.05) is 6.61 Å². The van der Waals surface area contributed by atoms with Gasteiger partial charge in [0.2, 0.25) is 6.29 Å². The van der Waals surface area contributed by atoms with Gasteiger partial charge in [0.25, 0.3) is 0 Å². The molecule has 1 fully saturated rings. The summed E-state index contributed by atoms with van der Waals surface area (Å²) in [4.78, 5) is 10.1. The number of unbranched alkanes of at least 4 members (excludes halogenated alkanes) is 13. The second kappa shape index (κ2) is 20.1. The van der Waals surface area contributed by atoms with Gasteiger partial charge in [0.15, 0.2) is 0 Å². The zero-order chi connectivity index (χ0) is 21.0. The van der Waals surface area contributed by atoms with Crippen molar-refractivity contribution in [3.05, 3.63) is 6.42 Å². The summed E-state index contributed by atoms with van der Waals surface area (Å²) in [5.74, 6) is -0.313. The molecule has 0 aromatic carbocycles. The van der Waals surface area contributed by atoms with Crippen LogP contribution < -0.4 is 0 Å². The Morgan fingerprint density at radius 1 is 0.759 bits per heavy atom. The molecule has 1 unspecified atom stereocenters. The molecular formula is C25H44Cl2O2. The molecule has 0 aromatic heterocycles. The van der Waals surface area contributed by atoms with Crippen LogP contribution >= 0.6 is 23.2 Å². The molecule has 0 heterocycles. The fraction of sp³-hybridized carbons (Fsp3) is 0.920. The van der Waals surface area contributed by atoms with Gasteiger partial charge in [-0.05, 0) is 44.9 Å². The number of rotatable bonds is 20. The van der Waals surface area contributed by atoms with Gasteiger partial charge in [-0.1, -0.05) is 83.5 Å². The fourth-order valence-electron chi connectivity index (χ4n) is 4.14. The number of hydrogen-bond acceptors (Lipinski definition) is 2. The highest BCUT2D eigenvalue weighted by molar-refractivity contribution is 6.45. The highest BCUT2D eigenvalue weighted by Crippen LogP contribution is 2.21. The zero-order valence-corrected chi connectivity index (χ0v) is 20.0. The predicted molar refractivity (Wildman–Crippen MR) is 126 cm³/mol. The first-order chi connectivity index (χ1) is 14.2. The molecule has 0 spiro atoms. The topological polar surface area (TPSA) is 26.3 Å². The first-order valence-corrected chi connectivity index (χ1v) is 13.2. The third-order valence-electron chi connectivity index (χ3n) is 6.10. The van der Waals surface area contributed by atoms with Crippen LogP contribution in [0.3, 0.4) is 0 Å². The van der Waals surface area contributed by atoms with Crippen LogP contribution in [0.5, 0.6) is 0 Å². The minimum Gasteiger partial charge on any atom is -0.378 e. The Labute approximate surface area is 190 Å². The highest BCUT2D eigenvalue weighted by atomic mass is 35.5. The number of carbonyl (C=O) groups excluding carboxylic acids is 1. The quantitative estimate of drug-likeness (QED) is 0.138. The van der Waals surface area contributed by atoms with E-state index in [0.29, 0.717) is 6.10 Å². The maximum atomic E-state index is 10.7. The summed E-state index contributed by atoms with van der Waals surface area (Å²) in [5, 5.41) is 0. The van der Waals surface area contributed by atoms with E-state index in [4.69, 9.17) is 27.9 Å². The molecular weight excluding hydrogens is 403 g/mol. The average Bonchev–Trinajstić information content (AvgIpc) is 2.73. The van der Waals surface area contributed by atoms with E-state index in [1.807, 2.05) is 6.29 Å². The smallest absolute Gasteiger partial charge is 0.204 e. The van der Waals surface area contributed by atoms with Gasteiger partial charge in [0.1, 0.15) is 4.84 Å². The lowest BCUT2D eigenvalue weighted by molar-refractivity contribution is 0.0326. The van der Waals surface area contributed by atoms with E-state index in [0.717, 1.165) is 19.4 Å². The molecule has 1 aliphatic carbocycles. The van der Waals surface area contributed by atoms with Gasteiger partial charge in [-0.15, -0.1) is 23.2 Å². The van der Waals surface area contributed by atoms with E-state index in [2.05, 4.69) is 6.42 Å². The number of halogens is 2. The van der Waals surface area contributed by atoms with Gasteiger partial charge in [0.05, 0.1) is 12.0 Å². The van der Waals surface area contributed by atoms with Crippen LogP contribution in [0.2, 0.25) is 0 Å². The largest absolute Gasteiger partial charge is 0.378 e. The second-order valence-electron chi connectivity index (χ2n) is 8.73. The third-order valence-corrected chi connectivity index (χ3v) is 6.71. The van der Waals surface area contributed by atoms with Crippen molar-refractivity contribution in [1.29, 1.82) is 0 Å². The summed E-state index contributed by atoms with van der Waals surface area (Å²) >= 11 is 11.5. The Bertz CT molecular complexity index is 357. The SMILES string of the molecule is O=[C]C(CCCCCCCCCCCCCCCCOC1CC[CH]CC1)C(Cl)Cl. The monoisotopic (exact) mass is 446 g/mol. The number of hydrogen-bond donors (Lipinski definition) is 0. The molecule has 0 bridgehead atoms. The molecule has 29 heavy (non-hydrogen) atoms. The molecule has 2 nitrogen and oxygen atoms in total. The van der Waals surface area contributed by atoms with Crippen molar-refractivity contribution in [3.8, 4) is 0 Å². The Hall–Kier alpha value is 0.210. The van der Waals surface area contributed by atoms with Crippen molar-refractivity contribution in [2.45, 2.75) is 133 Å². The van der Waals surface area contributed by atoms with Crippen molar-refractivity contribution in [2.24, 2.45) is 5.92 Å². The maximum absolute atomic E-state index is 10.7. The van der Waals surface area contributed by atoms with Gasteiger partial charge >= 0.3 is 0 Å². The molecule has 0 N–H and O–H groups in total. The predicted octanol–water partition coefficient (Wildman–Crippen LogP) is 8.53. The normalized spacial score (nSPS) is 16.4. The van der Waals surface area contributed by atoms with Crippen molar-refractivity contribution in [1.82, 2.24) is 0 Å². The Kier molecular flexibility index (Phi) is 18.9. The molecule has 2 radical (unpaired) electrons. The third kappa shape index (κ3) is 16.6. The molecule has 1 atom stereocenters. The number of ether oxygens (including phenoxy) is 1. The minimum absolute atomic E-state index is 0.313. The minimum atomic E-state index is -0.605. The van der Waals surface area contributed by atoms with Crippen LogP contribution in [-0.4, -0.2) is 23.8 Å². The van der Waals surface area contributed by atoms with Crippen LogP contribution in [0.1, 0.15) is 122 Å². The highest BCUT2D eigenvalue weighted by Gasteiger charge is 2.16. The first kappa shape index (κ1) is 27.2. The second-order valence-corrected chi connectivity index (χ2v) is 9.90. The van der Waals surface area contributed by atoms with E-state index in [1.165, 1.54) is 109 Å². The van der Waals surface area contributed by atoms with Crippen LogP contribution in [0.15, 0.2) is 0 Å². The summed E-state index contributed by atoms with van der Waals surface area (Å²) < 4.78 is 5.98.